The molecule has 0 spiro atoms. The molecule has 106 valence electrons. The van der Waals surface area contributed by atoms with E-state index < -0.39 is 5.91 Å². The Morgan fingerprint density at radius 3 is 2.27 bits per heavy atom. The number of amides is 1. The van der Waals surface area contributed by atoms with E-state index in [2.05, 4.69) is 15.3 Å². The quantitative estimate of drug-likeness (QED) is 0.770. The molecule has 0 radical (unpaired) electrons. The Morgan fingerprint density at radius 2 is 1.68 bits per heavy atom. The highest BCUT2D eigenvalue weighted by Gasteiger charge is 2.13. The zero-order chi connectivity index (χ0) is 15.5. The number of nitrogens with zero attached hydrogens (tertiary/aromatic N) is 3. The van der Waals surface area contributed by atoms with Crippen LogP contribution in [0.2, 0.25) is 0 Å². The van der Waals surface area contributed by atoms with Gasteiger partial charge in [-0.2, -0.15) is 5.26 Å². The van der Waals surface area contributed by atoms with Crippen molar-refractivity contribution in [3.05, 3.63) is 59.8 Å². The molecule has 3 N–H and O–H groups in total. The van der Waals surface area contributed by atoms with E-state index in [-0.39, 0.29) is 11.5 Å². The number of hydrogen-bond donors (Lipinski definition) is 2. The second-order valence-corrected chi connectivity index (χ2v) is 4.59. The summed E-state index contributed by atoms with van der Waals surface area (Å²) in [4.78, 5) is 20.2. The molecule has 0 aliphatic rings. The Kier molecular flexibility index (Phi) is 3.38. The van der Waals surface area contributed by atoms with Gasteiger partial charge in [0.2, 0.25) is 0 Å². The number of rotatable bonds is 3. The average Bonchev–Trinajstić information content (AvgIpc) is 2.54. The predicted octanol–water partition coefficient (Wildman–Crippen LogP) is 2.34. The fourth-order valence-electron chi connectivity index (χ4n) is 2.02. The summed E-state index contributed by atoms with van der Waals surface area (Å²) in [6, 6.07) is 16.0. The van der Waals surface area contributed by atoms with Crippen molar-refractivity contribution in [2.75, 3.05) is 5.32 Å². The van der Waals surface area contributed by atoms with Gasteiger partial charge in [-0.05, 0) is 36.4 Å². The molecule has 2 aromatic carbocycles. The lowest BCUT2D eigenvalue weighted by Crippen LogP contribution is -2.16. The third-order valence-corrected chi connectivity index (χ3v) is 3.08. The number of benzene rings is 2. The van der Waals surface area contributed by atoms with Gasteiger partial charge in [-0.1, -0.05) is 12.1 Å². The van der Waals surface area contributed by atoms with Gasteiger partial charge in [0.15, 0.2) is 11.5 Å². The topological polar surface area (TPSA) is 105 Å². The number of hydrogen-bond acceptors (Lipinski definition) is 5. The van der Waals surface area contributed by atoms with E-state index in [1.165, 1.54) is 0 Å². The predicted molar refractivity (Wildman–Crippen MR) is 82.5 cm³/mol. The normalized spacial score (nSPS) is 10.1. The summed E-state index contributed by atoms with van der Waals surface area (Å²) in [6.45, 7) is 0. The van der Waals surface area contributed by atoms with Crippen LogP contribution in [0.25, 0.3) is 11.0 Å². The summed E-state index contributed by atoms with van der Waals surface area (Å²) in [5.74, 6) is -0.370. The van der Waals surface area contributed by atoms with Crippen molar-refractivity contribution in [1.82, 2.24) is 9.97 Å². The zero-order valence-electron chi connectivity index (χ0n) is 11.4. The lowest BCUT2D eigenvalue weighted by atomic mass is 10.2. The number of nitrogens with one attached hydrogen (secondary N) is 1. The third kappa shape index (κ3) is 2.55. The van der Waals surface area contributed by atoms with E-state index in [1.54, 1.807) is 36.4 Å². The molecule has 6 nitrogen and oxygen atoms in total. The Bertz CT molecular complexity index is 897. The van der Waals surface area contributed by atoms with E-state index >= 15 is 0 Å². The molecule has 1 heterocycles. The van der Waals surface area contributed by atoms with Crippen molar-refractivity contribution in [3.8, 4) is 6.07 Å². The second-order valence-electron chi connectivity index (χ2n) is 4.59. The molecular formula is C16H11N5O. The first kappa shape index (κ1) is 13.5. The molecule has 0 fully saturated rings. The molecule has 1 aromatic heterocycles. The highest BCUT2D eigenvalue weighted by atomic mass is 16.1. The molecular weight excluding hydrogens is 278 g/mol. The van der Waals surface area contributed by atoms with Crippen LogP contribution >= 0.6 is 0 Å². The number of nitrogens with two attached hydrogens (primary N) is 1. The molecule has 0 aliphatic carbocycles. The van der Waals surface area contributed by atoms with Gasteiger partial charge in [0.05, 0.1) is 22.7 Å². The summed E-state index contributed by atoms with van der Waals surface area (Å²) < 4.78 is 0. The SMILES string of the molecule is N#Cc1ccc(Nc2nc3ccccc3nc2C(N)=O)cc1. The summed E-state index contributed by atoms with van der Waals surface area (Å²) in [5, 5.41) is 11.8. The summed E-state index contributed by atoms with van der Waals surface area (Å²) in [7, 11) is 0. The first-order valence-electron chi connectivity index (χ1n) is 6.51. The number of para-hydroxylation sites is 2. The second kappa shape index (κ2) is 5.50. The molecule has 0 atom stereocenters. The Balaban J connectivity index is 2.06. The van der Waals surface area contributed by atoms with E-state index in [0.29, 0.717) is 22.3 Å². The molecule has 22 heavy (non-hydrogen) atoms. The molecule has 0 saturated carbocycles. The lowest BCUT2D eigenvalue weighted by Gasteiger charge is -2.10. The van der Waals surface area contributed by atoms with E-state index in [4.69, 9.17) is 11.0 Å². The van der Waals surface area contributed by atoms with Crippen LogP contribution in [-0.2, 0) is 0 Å². The van der Waals surface area contributed by atoms with Crippen LogP contribution in [0, 0.1) is 11.3 Å². The molecule has 3 aromatic rings. The number of carbonyl (C=O) groups is 1. The van der Waals surface area contributed by atoms with E-state index in [1.807, 2.05) is 18.2 Å². The number of nitriles is 1. The molecule has 0 unspecified atom stereocenters. The minimum absolute atomic E-state index is 0.0723. The molecule has 1 amide bonds. The first-order valence-corrected chi connectivity index (χ1v) is 6.51. The minimum Gasteiger partial charge on any atom is -0.364 e. The smallest absolute Gasteiger partial charge is 0.271 e. The summed E-state index contributed by atoms with van der Waals surface area (Å²) >= 11 is 0. The van der Waals surface area contributed by atoms with E-state index in [9.17, 15) is 4.79 Å². The number of anilines is 2. The van der Waals surface area contributed by atoms with Crippen LogP contribution in [0.4, 0.5) is 11.5 Å². The fraction of sp³-hybridized carbons (Fsp3) is 0. The van der Waals surface area contributed by atoms with Gasteiger partial charge in [-0.25, -0.2) is 9.97 Å². The maximum absolute atomic E-state index is 11.6. The van der Waals surface area contributed by atoms with Gasteiger partial charge < -0.3 is 11.1 Å². The van der Waals surface area contributed by atoms with Gasteiger partial charge in [-0.15, -0.1) is 0 Å². The molecule has 0 aliphatic heterocycles. The van der Waals surface area contributed by atoms with Crippen molar-refractivity contribution < 1.29 is 4.79 Å². The van der Waals surface area contributed by atoms with Crippen LogP contribution in [0.1, 0.15) is 16.1 Å². The van der Waals surface area contributed by atoms with Crippen LogP contribution in [0.5, 0.6) is 0 Å². The van der Waals surface area contributed by atoms with Crippen molar-refractivity contribution in [2.24, 2.45) is 5.73 Å². The average molecular weight is 289 g/mol. The van der Waals surface area contributed by atoms with Crippen LogP contribution in [0.3, 0.4) is 0 Å². The van der Waals surface area contributed by atoms with Gasteiger partial charge in [0, 0.05) is 5.69 Å². The van der Waals surface area contributed by atoms with Crippen LogP contribution < -0.4 is 11.1 Å². The van der Waals surface area contributed by atoms with Crippen molar-refractivity contribution in [3.63, 3.8) is 0 Å². The van der Waals surface area contributed by atoms with Gasteiger partial charge >= 0.3 is 0 Å². The molecule has 0 bridgehead atoms. The number of fused-ring (bicyclic) bond motifs is 1. The molecule has 3 rings (SSSR count). The largest absolute Gasteiger partial charge is 0.364 e. The first-order chi connectivity index (χ1) is 10.7. The molecule has 6 heteroatoms. The van der Waals surface area contributed by atoms with Crippen LogP contribution in [-0.4, -0.2) is 15.9 Å². The molecule has 0 saturated heterocycles. The number of carbonyl (C=O) groups excluding carboxylic acids is 1. The van der Waals surface area contributed by atoms with Crippen molar-refractivity contribution >= 4 is 28.4 Å². The number of aromatic nitrogens is 2. The Labute approximate surface area is 126 Å². The van der Waals surface area contributed by atoms with Crippen molar-refractivity contribution in [2.45, 2.75) is 0 Å². The monoisotopic (exact) mass is 289 g/mol. The zero-order valence-corrected chi connectivity index (χ0v) is 11.4. The minimum atomic E-state index is -0.658. The highest BCUT2D eigenvalue weighted by molar-refractivity contribution is 5.98. The maximum Gasteiger partial charge on any atom is 0.271 e. The maximum atomic E-state index is 11.6. The summed E-state index contributed by atoms with van der Waals surface area (Å²) in [6.07, 6.45) is 0. The van der Waals surface area contributed by atoms with Gasteiger partial charge in [0.1, 0.15) is 0 Å². The Hall–Kier alpha value is -3.46. The standard InChI is InChI=1S/C16H11N5O/c17-9-10-5-7-11(8-6-10)19-16-14(15(18)22)20-12-3-1-2-4-13(12)21-16/h1-8H,(H2,18,22)(H,19,21). The highest BCUT2D eigenvalue weighted by Crippen LogP contribution is 2.21. The van der Waals surface area contributed by atoms with E-state index in [0.717, 1.165) is 0 Å². The fourth-order valence-corrected chi connectivity index (χ4v) is 2.02. The Morgan fingerprint density at radius 1 is 1.05 bits per heavy atom. The van der Waals surface area contributed by atoms with Gasteiger partial charge in [-0.3, -0.25) is 4.79 Å². The van der Waals surface area contributed by atoms with Crippen molar-refractivity contribution in [1.29, 1.82) is 5.26 Å². The third-order valence-electron chi connectivity index (χ3n) is 3.08. The van der Waals surface area contributed by atoms with Crippen LogP contribution in [0.15, 0.2) is 48.5 Å². The number of primary amides is 1. The summed E-state index contributed by atoms with van der Waals surface area (Å²) in [5.41, 5.74) is 7.94. The van der Waals surface area contributed by atoms with Gasteiger partial charge in [0.25, 0.3) is 5.91 Å². The lowest BCUT2D eigenvalue weighted by molar-refractivity contribution is 0.0996.